The van der Waals surface area contributed by atoms with Gasteiger partial charge in [-0.2, -0.15) is 0 Å². The molecule has 1 aromatic rings. The van der Waals surface area contributed by atoms with E-state index in [4.69, 9.17) is 10.5 Å². The summed E-state index contributed by atoms with van der Waals surface area (Å²) in [6.45, 7) is 2.65. The highest BCUT2D eigenvalue weighted by Gasteiger charge is 2.13. The van der Waals surface area contributed by atoms with Gasteiger partial charge in [0.15, 0.2) is 11.5 Å². The first-order valence-electron chi connectivity index (χ1n) is 4.86. The fourth-order valence-corrected chi connectivity index (χ4v) is 2.22. The highest BCUT2D eigenvalue weighted by Crippen LogP contribution is 2.39. The molecule has 0 fully saturated rings. The standard InChI is InChI=1S/C11H16BrNO2/c1-7-6-9(15-2)11(14)10(12)8(7)4-3-5-13/h6,14H,3-5,13H2,1-2H3. The predicted molar refractivity (Wildman–Crippen MR) is 64.5 cm³/mol. The molecule has 0 aliphatic heterocycles. The first kappa shape index (κ1) is 12.3. The van der Waals surface area contributed by atoms with Crippen LogP contribution in [-0.4, -0.2) is 18.8 Å². The Kier molecular flexibility index (Phi) is 4.42. The van der Waals surface area contributed by atoms with E-state index in [0.29, 0.717) is 16.8 Å². The second-order valence-electron chi connectivity index (χ2n) is 3.43. The quantitative estimate of drug-likeness (QED) is 0.886. The third kappa shape index (κ3) is 2.63. The molecule has 0 bridgehead atoms. The second-order valence-corrected chi connectivity index (χ2v) is 4.22. The van der Waals surface area contributed by atoms with Gasteiger partial charge in [-0.05, 0) is 59.4 Å². The van der Waals surface area contributed by atoms with E-state index in [1.54, 1.807) is 7.11 Å². The van der Waals surface area contributed by atoms with Gasteiger partial charge in [0, 0.05) is 0 Å². The topological polar surface area (TPSA) is 55.5 Å². The van der Waals surface area contributed by atoms with E-state index in [0.717, 1.165) is 24.0 Å². The van der Waals surface area contributed by atoms with Crippen molar-refractivity contribution >= 4 is 15.9 Å². The molecule has 3 nitrogen and oxygen atoms in total. The Labute approximate surface area is 98.4 Å². The van der Waals surface area contributed by atoms with Crippen molar-refractivity contribution in [3.63, 3.8) is 0 Å². The van der Waals surface area contributed by atoms with E-state index in [2.05, 4.69) is 15.9 Å². The average molecular weight is 274 g/mol. The van der Waals surface area contributed by atoms with Crippen LogP contribution in [0.5, 0.6) is 11.5 Å². The SMILES string of the molecule is COc1cc(C)c(CCCN)c(Br)c1O. The molecule has 1 aromatic carbocycles. The fourth-order valence-electron chi connectivity index (χ4n) is 1.52. The summed E-state index contributed by atoms with van der Waals surface area (Å²) in [5, 5.41) is 9.80. The Bertz CT molecular complexity index is 353. The summed E-state index contributed by atoms with van der Waals surface area (Å²) in [4.78, 5) is 0. The lowest BCUT2D eigenvalue weighted by molar-refractivity contribution is 0.371. The zero-order valence-electron chi connectivity index (χ0n) is 9.01. The van der Waals surface area contributed by atoms with Crippen molar-refractivity contribution < 1.29 is 9.84 Å². The number of hydrogen-bond donors (Lipinski definition) is 2. The minimum absolute atomic E-state index is 0.162. The van der Waals surface area contributed by atoms with Crippen molar-refractivity contribution in [2.24, 2.45) is 5.73 Å². The van der Waals surface area contributed by atoms with Crippen LogP contribution in [0.25, 0.3) is 0 Å². The van der Waals surface area contributed by atoms with E-state index in [1.165, 1.54) is 0 Å². The van der Waals surface area contributed by atoms with Gasteiger partial charge in [0.1, 0.15) is 0 Å². The molecule has 0 radical (unpaired) electrons. The number of halogens is 1. The van der Waals surface area contributed by atoms with Crippen molar-refractivity contribution in [3.8, 4) is 11.5 Å². The largest absolute Gasteiger partial charge is 0.503 e. The van der Waals surface area contributed by atoms with Gasteiger partial charge in [-0.3, -0.25) is 0 Å². The highest BCUT2D eigenvalue weighted by molar-refractivity contribution is 9.10. The number of nitrogens with two attached hydrogens (primary N) is 1. The number of aromatic hydroxyl groups is 1. The monoisotopic (exact) mass is 273 g/mol. The van der Waals surface area contributed by atoms with Gasteiger partial charge in [0.05, 0.1) is 11.6 Å². The molecule has 1 rings (SSSR count). The van der Waals surface area contributed by atoms with E-state index in [-0.39, 0.29) is 5.75 Å². The smallest absolute Gasteiger partial charge is 0.172 e. The van der Waals surface area contributed by atoms with Gasteiger partial charge in [-0.25, -0.2) is 0 Å². The Morgan fingerprint density at radius 1 is 1.53 bits per heavy atom. The van der Waals surface area contributed by atoms with Gasteiger partial charge >= 0.3 is 0 Å². The molecule has 0 unspecified atom stereocenters. The first-order valence-corrected chi connectivity index (χ1v) is 5.66. The van der Waals surface area contributed by atoms with Gasteiger partial charge in [-0.15, -0.1) is 0 Å². The van der Waals surface area contributed by atoms with E-state index in [9.17, 15) is 5.11 Å². The van der Waals surface area contributed by atoms with Crippen molar-refractivity contribution in [3.05, 3.63) is 21.7 Å². The first-order chi connectivity index (χ1) is 7.11. The molecule has 15 heavy (non-hydrogen) atoms. The summed E-state index contributed by atoms with van der Waals surface area (Å²) in [6.07, 6.45) is 1.77. The zero-order valence-corrected chi connectivity index (χ0v) is 10.6. The average Bonchev–Trinajstić information content (AvgIpc) is 2.23. The molecule has 0 atom stereocenters. The lowest BCUT2D eigenvalue weighted by Crippen LogP contribution is -2.02. The number of rotatable bonds is 4. The molecule has 0 amide bonds. The van der Waals surface area contributed by atoms with E-state index in [1.807, 2.05) is 13.0 Å². The van der Waals surface area contributed by atoms with Crippen LogP contribution >= 0.6 is 15.9 Å². The van der Waals surface area contributed by atoms with Crippen LogP contribution in [0.2, 0.25) is 0 Å². The summed E-state index contributed by atoms with van der Waals surface area (Å²) >= 11 is 3.38. The van der Waals surface area contributed by atoms with Crippen molar-refractivity contribution in [2.45, 2.75) is 19.8 Å². The number of aryl methyl sites for hydroxylation is 1. The minimum atomic E-state index is 0.162. The number of phenols is 1. The molecule has 0 aliphatic rings. The lowest BCUT2D eigenvalue weighted by Gasteiger charge is -2.13. The number of methoxy groups -OCH3 is 1. The second kappa shape index (κ2) is 5.37. The number of hydrogen-bond acceptors (Lipinski definition) is 3. The number of phenolic OH excluding ortho intramolecular Hbond substituents is 1. The molecule has 84 valence electrons. The van der Waals surface area contributed by atoms with Crippen molar-refractivity contribution in [2.75, 3.05) is 13.7 Å². The van der Waals surface area contributed by atoms with Gasteiger partial charge < -0.3 is 15.6 Å². The Morgan fingerprint density at radius 3 is 2.73 bits per heavy atom. The normalized spacial score (nSPS) is 10.4. The van der Waals surface area contributed by atoms with Gasteiger partial charge in [-0.1, -0.05) is 0 Å². The molecule has 0 saturated heterocycles. The van der Waals surface area contributed by atoms with Crippen LogP contribution in [0.15, 0.2) is 10.5 Å². The summed E-state index contributed by atoms with van der Waals surface area (Å²) in [5.41, 5.74) is 7.67. The molecular formula is C11H16BrNO2. The van der Waals surface area contributed by atoms with Crippen LogP contribution in [0.3, 0.4) is 0 Å². The van der Waals surface area contributed by atoms with Gasteiger partial charge in [0.2, 0.25) is 0 Å². The Morgan fingerprint density at radius 2 is 2.20 bits per heavy atom. The van der Waals surface area contributed by atoms with Crippen LogP contribution < -0.4 is 10.5 Å². The maximum Gasteiger partial charge on any atom is 0.172 e. The Hall–Kier alpha value is -0.740. The molecule has 0 spiro atoms. The maximum absolute atomic E-state index is 9.80. The Balaban J connectivity index is 3.11. The summed E-state index contributed by atoms with van der Waals surface area (Å²) in [6, 6.07) is 1.84. The number of ether oxygens (including phenoxy) is 1. The summed E-state index contributed by atoms with van der Waals surface area (Å²) in [5.74, 6) is 0.658. The van der Waals surface area contributed by atoms with Crippen LogP contribution in [-0.2, 0) is 6.42 Å². The van der Waals surface area contributed by atoms with Crippen LogP contribution in [0.1, 0.15) is 17.5 Å². The molecule has 0 heterocycles. The van der Waals surface area contributed by atoms with E-state index >= 15 is 0 Å². The zero-order chi connectivity index (χ0) is 11.4. The summed E-state index contributed by atoms with van der Waals surface area (Å²) in [7, 11) is 1.54. The molecular weight excluding hydrogens is 258 g/mol. The van der Waals surface area contributed by atoms with Crippen molar-refractivity contribution in [1.29, 1.82) is 0 Å². The molecule has 0 aliphatic carbocycles. The third-order valence-corrected chi connectivity index (χ3v) is 3.23. The highest BCUT2D eigenvalue weighted by atomic mass is 79.9. The fraction of sp³-hybridized carbons (Fsp3) is 0.455. The minimum Gasteiger partial charge on any atom is -0.503 e. The van der Waals surface area contributed by atoms with Crippen molar-refractivity contribution in [1.82, 2.24) is 0 Å². The maximum atomic E-state index is 9.80. The predicted octanol–water partition coefficient (Wildman–Crippen LogP) is 2.36. The molecule has 0 saturated carbocycles. The molecule has 3 N–H and O–H groups in total. The van der Waals surface area contributed by atoms with Crippen LogP contribution in [0.4, 0.5) is 0 Å². The van der Waals surface area contributed by atoms with Crippen LogP contribution in [0, 0.1) is 6.92 Å². The van der Waals surface area contributed by atoms with E-state index < -0.39 is 0 Å². The lowest BCUT2D eigenvalue weighted by atomic mass is 10.0. The third-order valence-electron chi connectivity index (χ3n) is 2.38. The molecule has 4 heteroatoms. The number of benzene rings is 1. The summed E-state index contributed by atoms with van der Waals surface area (Å²) < 4.78 is 5.78. The molecule has 0 aromatic heterocycles. The van der Waals surface area contributed by atoms with Gasteiger partial charge in [0.25, 0.3) is 0 Å².